The van der Waals surface area contributed by atoms with Gasteiger partial charge in [-0.05, 0) is 18.9 Å². The van der Waals surface area contributed by atoms with Crippen LogP contribution in [0.4, 0.5) is 10.2 Å². The predicted molar refractivity (Wildman–Crippen MR) is 97.2 cm³/mol. The predicted octanol–water partition coefficient (Wildman–Crippen LogP) is 4.57. The van der Waals surface area contributed by atoms with Crippen LogP contribution in [0, 0.1) is 5.82 Å². The third-order valence-corrected chi connectivity index (χ3v) is 4.92. The summed E-state index contributed by atoms with van der Waals surface area (Å²) in [5, 5.41) is 4.65. The molecule has 1 saturated carbocycles. The SMILES string of the molecule is Cn1cc(-c2ncc(F)c(NC3CCCCC3)n2)c2cc(Cl)cnc21. The molecule has 4 rings (SSSR count). The van der Waals surface area contributed by atoms with Crippen LogP contribution >= 0.6 is 11.6 Å². The molecule has 0 aliphatic heterocycles. The molecule has 0 spiro atoms. The average molecular weight is 360 g/mol. The van der Waals surface area contributed by atoms with E-state index in [0.29, 0.717) is 10.8 Å². The van der Waals surface area contributed by atoms with Crippen LogP contribution in [0.1, 0.15) is 32.1 Å². The summed E-state index contributed by atoms with van der Waals surface area (Å²) in [6.07, 6.45) is 10.4. The van der Waals surface area contributed by atoms with Gasteiger partial charge in [0.15, 0.2) is 17.5 Å². The maximum atomic E-state index is 14.2. The van der Waals surface area contributed by atoms with E-state index in [4.69, 9.17) is 11.6 Å². The van der Waals surface area contributed by atoms with Gasteiger partial charge in [-0.1, -0.05) is 30.9 Å². The third kappa shape index (κ3) is 3.18. The van der Waals surface area contributed by atoms with Gasteiger partial charge in [0.25, 0.3) is 0 Å². The number of nitrogens with one attached hydrogen (secondary N) is 1. The van der Waals surface area contributed by atoms with E-state index in [1.54, 1.807) is 6.20 Å². The van der Waals surface area contributed by atoms with Crippen molar-refractivity contribution in [1.82, 2.24) is 19.5 Å². The molecule has 3 aromatic heterocycles. The van der Waals surface area contributed by atoms with Crippen molar-refractivity contribution in [3.05, 3.63) is 35.5 Å². The van der Waals surface area contributed by atoms with E-state index >= 15 is 0 Å². The van der Waals surface area contributed by atoms with Gasteiger partial charge in [0.2, 0.25) is 0 Å². The van der Waals surface area contributed by atoms with Gasteiger partial charge in [-0.25, -0.2) is 19.3 Å². The minimum Gasteiger partial charge on any atom is -0.365 e. The molecule has 1 aliphatic carbocycles. The molecule has 7 heteroatoms. The molecule has 3 heterocycles. The Morgan fingerprint density at radius 2 is 2.00 bits per heavy atom. The van der Waals surface area contributed by atoms with Gasteiger partial charge >= 0.3 is 0 Å². The average Bonchev–Trinajstić information content (AvgIpc) is 2.94. The highest BCUT2D eigenvalue weighted by molar-refractivity contribution is 6.31. The Labute approximate surface area is 150 Å². The first-order valence-electron chi connectivity index (χ1n) is 8.52. The minimum atomic E-state index is -0.425. The lowest BCUT2D eigenvalue weighted by atomic mass is 9.95. The van der Waals surface area contributed by atoms with Crippen LogP contribution in [0.5, 0.6) is 0 Å². The van der Waals surface area contributed by atoms with E-state index in [9.17, 15) is 4.39 Å². The highest BCUT2D eigenvalue weighted by Crippen LogP contribution is 2.30. The molecule has 0 aromatic carbocycles. The number of rotatable bonds is 3. The molecule has 0 saturated heterocycles. The van der Waals surface area contributed by atoms with Crippen molar-refractivity contribution in [2.24, 2.45) is 7.05 Å². The van der Waals surface area contributed by atoms with Crippen LogP contribution in [0.3, 0.4) is 0 Å². The molecule has 5 nitrogen and oxygen atoms in total. The van der Waals surface area contributed by atoms with Gasteiger partial charge in [0.05, 0.1) is 11.2 Å². The van der Waals surface area contributed by atoms with Crippen LogP contribution in [-0.4, -0.2) is 25.6 Å². The lowest BCUT2D eigenvalue weighted by Crippen LogP contribution is -2.23. The molecule has 1 N–H and O–H groups in total. The number of nitrogens with zero attached hydrogens (tertiary/aromatic N) is 4. The van der Waals surface area contributed by atoms with E-state index in [-0.39, 0.29) is 11.9 Å². The summed E-state index contributed by atoms with van der Waals surface area (Å²) in [4.78, 5) is 13.0. The van der Waals surface area contributed by atoms with Crippen molar-refractivity contribution >= 4 is 28.5 Å². The molecule has 0 atom stereocenters. The second-order valence-electron chi connectivity index (χ2n) is 6.55. The van der Waals surface area contributed by atoms with Crippen LogP contribution in [-0.2, 0) is 7.05 Å². The van der Waals surface area contributed by atoms with Gasteiger partial charge in [-0.15, -0.1) is 0 Å². The fraction of sp³-hybridized carbons (Fsp3) is 0.389. The highest BCUT2D eigenvalue weighted by atomic mass is 35.5. The Kier molecular flexibility index (Phi) is 4.29. The number of anilines is 1. The number of aromatic nitrogens is 4. The van der Waals surface area contributed by atoms with Crippen molar-refractivity contribution < 1.29 is 4.39 Å². The molecule has 1 fully saturated rings. The lowest BCUT2D eigenvalue weighted by molar-refractivity contribution is 0.459. The largest absolute Gasteiger partial charge is 0.365 e. The molecule has 3 aromatic rings. The van der Waals surface area contributed by atoms with Crippen LogP contribution in [0.25, 0.3) is 22.4 Å². The number of fused-ring (bicyclic) bond motifs is 1. The maximum Gasteiger partial charge on any atom is 0.183 e. The quantitative estimate of drug-likeness (QED) is 0.744. The smallest absolute Gasteiger partial charge is 0.183 e. The summed E-state index contributed by atoms with van der Waals surface area (Å²) >= 11 is 6.09. The normalized spacial score (nSPS) is 15.6. The molecule has 130 valence electrons. The van der Waals surface area contributed by atoms with Crippen LogP contribution in [0.2, 0.25) is 5.02 Å². The number of aryl methyl sites for hydroxylation is 1. The number of hydrogen-bond donors (Lipinski definition) is 1. The summed E-state index contributed by atoms with van der Waals surface area (Å²) < 4.78 is 16.1. The molecule has 0 amide bonds. The van der Waals surface area contributed by atoms with Crippen molar-refractivity contribution in [3.63, 3.8) is 0 Å². The van der Waals surface area contributed by atoms with E-state index in [1.165, 1.54) is 25.5 Å². The van der Waals surface area contributed by atoms with E-state index in [2.05, 4.69) is 20.3 Å². The second kappa shape index (κ2) is 6.59. The van der Waals surface area contributed by atoms with Gasteiger partial charge in [-0.2, -0.15) is 0 Å². The Balaban J connectivity index is 1.73. The highest BCUT2D eigenvalue weighted by Gasteiger charge is 2.18. The number of hydrogen-bond acceptors (Lipinski definition) is 4. The van der Waals surface area contributed by atoms with Gasteiger partial charge < -0.3 is 9.88 Å². The maximum absolute atomic E-state index is 14.2. The molecular formula is C18H19ClFN5. The Morgan fingerprint density at radius 3 is 2.80 bits per heavy atom. The Morgan fingerprint density at radius 1 is 1.20 bits per heavy atom. The Hall–Kier alpha value is -2.21. The summed E-state index contributed by atoms with van der Waals surface area (Å²) in [5.74, 6) is 0.309. The first kappa shape index (κ1) is 16.3. The van der Waals surface area contributed by atoms with E-state index in [1.807, 2.05) is 23.9 Å². The molecule has 25 heavy (non-hydrogen) atoms. The summed E-state index contributed by atoms with van der Waals surface area (Å²) in [6, 6.07) is 2.11. The second-order valence-corrected chi connectivity index (χ2v) is 6.98. The third-order valence-electron chi connectivity index (χ3n) is 4.71. The van der Waals surface area contributed by atoms with Crippen molar-refractivity contribution in [1.29, 1.82) is 0 Å². The van der Waals surface area contributed by atoms with Crippen LogP contribution in [0.15, 0.2) is 24.7 Å². The van der Waals surface area contributed by atoms with Crippen molar-refractivity contribution in [2.75, 3.05) is 5.32 Å². The Bertz CT molecular complexity index is 917. The zero-order chi connectivity index (χ0) is 17.4. The standard InChI is InChI=1S/C18H19ClFN5/c1-25-10-14(13-7-11(19)8-22-18(13)25)16-21-9-15(20)17(24-16)23-12-5-3-2-4-6-12/h7-10,12H,2-6H2,1H3,(H,21,23,24). The number of halogens is 2. The summed E-state index contributed by atoms with van der Waals surface area (Å²) in [5.41, 5.74) is 1.58. The molecule has 0 radical (unpaired) electrons. The van der Waals surface area contributed by atoms with Crippen molar-refractivity contribution in [2.45, 2.75) is 38.1 Å². The molecule has 0 unspecified atom stereocenters. The van der Waals surface area contributed by atoms with Gasteiger partial charge in [0, 0.05) is 36.4 Å². The van der Waals surface area contributed by atoms with Crippen LogP contribution < -0.4 is 5.32 Å². The van der Waals surface area contributed by atoms with E-state index < -0.39 is 5.82 Å². The molecular weight excluding hydrogens is 341 g/mol. The topological polar surface area (TPSA) is 55.6 Å². The first-order chi connectivity index (χ1) is 12.1. The fourth-order valence-corrected chi connectivity index (χ4v) is 3.61. The zero-order valence-corrected chi connectivity index (χ0v) is 14.7. The lowest BCUT2D eigenvalue weighted by Gasteiger charge is -2.23. The number of pyridine rings is 1. The van der Waals surface area contributed by atoms with E-state index in [0.717, 1.165) is 29.4 Å². The summed E-state index contributed by atoms with van der Waals surface area (Å²) in [7, 11) is 1.90. The fourth-order valence-electron chi connectivity index (χ4n) is 3.45. The summed E-state index contributed by atoms with van der Waals surface area (Å²) in [6.45, 7) is 0. The van der Waals surface area contributed by atoms with Gasteiger partial charge in [-0.3, -0.25) is 0 Å². The zero-order valence-electron chi connectivity index (χ0n) is 14.0. The van der Waals surface area contributed by atoms with Crippen molar-refractivity contribution in [3.8, 4) is 11.4 Å². The monoisotopic (exact) mass is 359 g/mol. The first-order valence-corrected chi connectivity index (χ1v) is 8.89. The molecule has 1 aliphatic rings. The minimum absolute atomic E-state index is 0.267. The van der Waals surface area contributed by atoms with Gasteiger partial charge in [0.1, 0.15) is 5.65 Å². The molecule has 0 bridgehead atoms.